The van der Waals surface area contributed by atoms with Crippen LogP contribution in [0.2, 0.25) is 0 Å². The van der Waals surface area contributed by atoms with Crippen LogP contribution in [-0.2, 0) is 6.54 Å². The van der Waals surface area contributed by atoms with Crippen molar-refractivity contribution >= 4 is 16.5 Å². The van der Waals surface area contributed by atoms with Crippen molar-refractivity contribution in [3.63, 3.8) is 0 Å². The number of benzene rings is 3. The van der Waals surface area contributed by atoms with Crippen LogP contribution in [0.4, 0.5) is 10.1 Å². The summed E-state index contributed by atoms with van der Waals surface area (Å²) in [5.74, 6) is 0.468. The maximum atomic E-state index is 13.2. The number of aromatic nitrogens is 1. The molecule has 4 aromatic rings. The molecule has 0 saturated heterocycles. The lowest BCUT2D eigenvalue weighted by molar-refractivity contribution is 0.436. The van der Waals surface area contributed by atoms with E-state index in [0.29, 0.717) is 29.6 Å². The zero-order valence-corrected chi connectivity index (χ0v) is 14.4. The van der Waals surface area contributed by atoms with E-state index < -0.39 is 0 Å². The molecular formula is C22H16FN3O. The Kier molecular flexibility index (Phi) is 4.23. The van der Waals surface area contributed by atoms with E-state index in [1.165, 1.54) is 24.3 Å². The molecule has 0 unspecified atom stereocenters. The van der Waals surface area contributed by atoms with E-state index in [2.05, 4.69) is 6.07 Å². The lowest BCUT2D eigenvalue weighted by atomic mass is 10.0. The number of hydrogen-bond acceptors (Lipinski definition) is 3. The maximum Gasteiger partial charge on any atom is 0.224 e. The number of hydrogen-bond donors (Lipinski definition) is 1. The van der Waals surface area contributed by atoms with Crippen LogP contribution in [0.1, 0.15) is 11.3 Å². The highest BCUT2D eigenvalue weighted by molar-refractivity contribution is 5.85. The first-order valence-electron chi connectivity index (χ1n) is 8.45. The Balaban J connectivity index is 1.77. The third-order valence-corrected chi connectivity index (χ3v) is 4.43. The third kappa shape index (κ3) is 3.21. The molecule has 0 fully saturated rings. The normalized spacial score (nSPS) is 10.7. The first-order valence-corrected chi connectivity index (χ1v) is 8.45. The summed E-state index contributed by atoms with van der Waals surface area (Å²) < 4.78 is 20.8. The van der Waals surface area contributed by atoms with Gasteiger partial charge in [-0.25, -0.2) is 4.39 Å². The fourth-order valence-corrected chi connectivity index (χ4v) is 3.13. The van der Waals surface area contributed by atoms with Crippen LogP contribution in [0.5, 0.6) is 11.6 Å². The average molecular weight is 357 g/mol. The Morgan fingerprint density at radius 3 is 2.52 bits per heavy atom. The Hall–Kier alpha value is -3.78. The van der Waals surface area contributed by atoms with Crippen molar-refractivity contribution in [2.45, 2.75) is 6.54 Å². The van der Waals surface area contributed by atoms with E-state index >= 15 is 0 Å². The van der Waals surface area contributed by atoms with Gasteiger partial charge in [0.15, 0.2) is 0 Å². The molecule has 3 aromatic carbocycles. The number of fused-ring (bicyclic) bond motifs is 1. The molecule has 0 aliphatic rings. The molecule has 132 valence electrons. The van der Waals surface area contributed by atoms with Crippen LogP contribution >= 0.6 is 0 Å². The third-order valence-electron chi connectivity index (χ3n) is 4.43. The molecule has 5 heteroatoms. The van der Waals surface area contributed by atoms with Gasteiger partial charge in [0, 0.05) is 6.07 Å². The Labute approximate surface area is 155 Å². The van der Waals surface area contributed by atoms with Crippen LogP contribution in [0, 0.1) is 17.1 Å². The lowest BCUT2D eigenvalue weighted by Crippen LogP contribution is -2.05. The van der Waals surface area contributed by atoms with Crippen LogP contribution in [0.15, 0.2) is 72.8 Å². The van der Waals surface area contributed by atoms with E-state index in [0.717, 1.165) is 16.3 Å². The van der Waals surface area contributed by atoms with Crippen LogP contribution in [0.25, 0.3) is 10.8 Å². The molecule has 0 radical (unpaired) electrons. The van der Waals surface area contributed by atoms with Gasteiger partial charge in [-0.05, 0) is 40.6 Å². The topological polar surface area (TPSA) is 64.0 Å². The number of halogens is 1. The van der Waals surface area contributed by atoms with Crippen molar-refractivity contribution in [1.29, 1.82) is 5.26 Å². The predicted molar refractivity (Wildman–Crippen MR) is 103 cm³/mol. The molecule has 4 nitrogen and oxygen atoms in total. The number of nitrogens with two attached hydrogens (primary N) is 1. The molecular weight excluding hydrogens is 341 g/mol. The molecule has 4 rings (SSSR count). The molecule has 27 heavy (non-hydrogen) atoms. The predicted octanol–water partition coefficient (Wildman–Crippen LogP) is 5.07. The monoisotopic (exact) mass is 357 g/mol. The minimum atomic E-state index is -0.348. The fourth-order valence-electron chi connectivity index (χ4n) is 3.13. The van der Waals surface area contributed by atoms with E-state index in [1.807, 2.05) is 42.5 Å². The van der Waals surface area contributed by atoms with Gasteiger partial charge in [0.1, 0.15) is 23.3 Å². The smallest absolute Gasteiger partial charge is 0.224 e. The van der Waals surface area contributed by atoms with Gasteiger partial charge >= 0.3 is 0 Å². The summed E-state index contributed by atoms with van der Waals surface area (Å²) in [6, 6.07) is 23.5. The first-order chi connectivity index (χ1) is 13.2. The van der Waals surface area contributed by atoms with Gasteiger partial charge in [-0.15, -0.1) is 0 Å². The highest BCUT2D eigenvalue weighted by atomic mass is 19.1. The first kappa shape index (κ1) is 16.7. The molecule has 0 amide bonds. The van der Waals surface area contributed by atoms with E-state index in [1.54, 1.807) is 10.6 Å². The van der Waals surface area contributed by atoms with Gasteiger partial charge < -0.3 is 10.5 Å². The van der Waals surface area contributed by atoms with Gasteiger partial charge in [-0.1, -0.05) is 42.5 Å². The van der Waals surface area contributed by atoms with Gasteiger partial charge in [0.2, 0.25) is 5.88 Å². The number of anilines is 1. The molecule has 0 aliphatic carbocycles. The summed E-state index contributed by atoms with van der Waals surface area (Å²) in [6.45, 7) is 0.429. The van der Waals surface area contributed by atoms with E-state index in [9.17, 15) is 9.65 Å². The second kappa shape index (κ2) is 6.85. The molecule has 0 saturated carbocycles. The second-order valence-electron chi connectivity index (χ2n) is 6.18. The molecule has 0 atom stereocenters. The maximum absolute atomic E-state index is 13.2. The minimum Gasteiger partial charge on any atom is -0.439 e. The summed E-state index contributed by atoms with van der Waals surface area (Å²) in [5.41, 5.74) is 7.89. The van der Waals surface area contributed by atoms with Gasteiger partial charge in [-0.2, -0.15) is 5.26 Å². The number of nitriles is 1. The van der Waals surface area contributed by atoms with Crippen molar-refractivity contribution in [3.8, 4) is 17.7 Å². The molecule has 0 spiro atoms. The van der Waals surface area contributed by atoms with Crippen molar-refractivity contribution in [2.75, 3.05) is 5.73 Å². The van der Waals surface area contributed by atoms with Crippen LogP contribution in [-0.4, -0.2) is 4.57 Å². The van der Waals surface area contributed by atoms with Gasteiger partial charge in [0.05, 0.1) is 12.2 Å². The summed E-state index contributed by atoms with van der Waals surface area (Å²) in [6.07, 6.45) is 0. The largest absolute Gasteiger partial charge is 0.439 e. The van der Waals surface area contributed by atoms with Crippen molar-refractivity contribution in [1.82, 2.24) is 4.57 Å². The number of nitrogens with zero attached hydrogens (tertiary/aromatic N) is 2. The number of ether oxygens (including phenoxy) is 1. The Morgan fingerprint density at radius 2 is 1.74 bits per heavy atom. The summed E-state index contributed by atoms with van der Waals surface area (Å²) >= 11 is 0. The standard InChI is InChI=1S/C22H16FN3O/c23-17-8-10-19(11-9-17)27-22-21(25)12-18(13-24)26(22)14-16-6-3-5-15-4-1-2-7-20(15)16/h1-12H,14,25H2. The number of nitrogen functional groups attached to an aromatic ring is 1. The van der Waals surface area contributed by atoms with E-state index in [-0.39, 0.29) is 5.82 Å². The second-order valence-corrected chi connectivity index (χ2v) is 6.18. The Morgan fingerprint density at radius 1 is 1.00 bits per heavy atom. The van der Waals surface area contributed by atoms with Crippen molar-refractivity contribution < 1.29 is 9.13 Å². The van der Waals surface area contributed by atoms with Gasteiger partial charge in [-0.3, -0.25) is 4.57 Å². The van der Waals surface area contributed by atoms with Crippen LogP contribution in [0.3, 0.4) is 0 Å². The molecule has 1 heterocycles. The summed E-state index contributed by atoms with van der Waals surface area (Å²) in [4.78, 5) is 0. The average Bonchev–Trinajstić information content (AvgIpc) is 2.99. The molecule has 0 bridgehead atoms. The highest BCUT2D eigenvalue weighted by Gasteiger charge is 2.16. The van der Waals surface area contributed by atoms with Gasteiger partial charge in [0.25, 0.3) is 0 Å². The Bertz CT molecular complexity index is 1150. The fraction of sp³-hybridized carbons (Fsp3) is 0.0455. The van der Waals surface area contributed by atoms with Crippen molar-refractivity contribution in [2.24, 2.45) is 0 Å². The zero-order valence-electron chi connectivity index (χ0n) is 14.4. The summed E-state index contributed by atoms with van der Waals surface area (Å²) in [5, 5.41) is 11.7. The number of rotatable bonds is 4. The highest BCUT2D eigenvalue weighted by Crippen LogP contribution is 2.33. The lowest BCUT2D eigenvalue weighted by Gasteiger charge is -2.14. The minimum absolute atomic E-state index is 0.348. The quantitative estimate of drug-likeness (QED) is 0.554. The SMILES string of the molecule is N#Cc1cc(N)c(Oc2ccc(F)cc2)n1Cc1cccc2ccccc12. The van der Waals surface area contributed by atoms with E-state index in [4.69, 9.17) is 10.5 Å². The summed E-state index contributed by atoms with van der Waals surface area (Å²) in [7, 11) is 0. The molecule has 0 aliphatic heterocycles. The molecule has 1 aromatic heterocycles. The van der Waals surface area contributed by atoms with Crippen molar-refractivity contribution in [3.05, 3.63) is 89.9 Å². The zero-order chi connectivity index (χ0) is 18.8. The van der Waals surface area contributed by atoms with Crippen LogP contribution < -0.4 is 10.5 Å². The molecule has 2 N–H and O–H groups in total.